The molecule has 70 valence electrons. The van der Waals surface area contributed by atoms with Crippen molar-refractivity contribution in [2.45, 2.75) is 0 Å². The van der Waals surface area contributed by atoms with E-state index in [2.05, 4.69) is 4.74 Å². The first kappa shape index (κ1) is 9.81. The number of carbonyl (C=O) groups is 1. The fourth-order valence-electron chi connectivity index (χ4n) is 0.915. The first-order chi connectivity index (χ1) is 6.74. The van der Waals surface area contributed by atoms with Crippen LogP contribution in [0.3, 0.4) is 0 Å². The Bertz CT molecular complexity index is 390. The summed E-state index contributed by atoms with van der Waals surface area (Å²) in [6.07, 6.45) is 2.34. The minimum absolute atomic E-state index is 0.269. The van der Waals surface area contributed by atoms with Crippen molar-refractivity contribution in [1.29, 1.82) is 5.26 Å². The average molecular weight is 188 g/mol. The summed E-state index contributed by atoms with van der Waals surface area (Å²) in [6, 6.07) is 8.94. The van der Waals surface area contributed by atoms with Crippen LogP contribution >= 0.6 is 0 Å². The number of rotatable bonds is 2. The van der Waals surface area contributed by atoms with Gasteiger partial charge in [-0.25, -0.2) is 4.79 Å². The highest BCUT2D eigenvalue weighted by molar-refractivity contribution is 5.90. The Kier molecular flexibility index (Phi) is 3.27. The summed E-state index contributed by atoms with van der Waals surface area (Å²) in [5, 5.41) is 8.06. The van der Waals surface area contributed by atoms with Crippen LogP contribution in [0.2, 0.25) is 0 Å². The largest absolute Gasteiger partial charge is 0.398 e. The van der Waals surface area contributed by atoms with E-state index in [0.29, 0.717) is 5.56 Å². The number of nitrogens with two attached hydrogens (primary N) is 1. The van der Waals surface area contributed by atoms with E-state index >= 15 is 0 Å². The second kappa shape index (κ2) is 4.67. The molecule has 0 heterocycles. The van der Waals surface area contributed by atoms with Crippen molar-refractivity contribution in [2.24, 2.45) is 5.73 Å². The molecular weight excluding hydrogens is 180 g/mol. The summed E-state index contributed by atoms with van der Waals surface area (Å²) in [5.74, 6) is -0.770. The highest BCUT2D eigenvalue weighted by Crippen LogP contribution is 2.07. The summed E-state index contributed by atoms with van der Waals surface area (Å²) < 4.78 is 4.04. The summed E-state index contributed by atoms with van der Waals surface area (Å²) in [5.41, 5.74) is 6.56. The van der Waals surface area contributed by atoms with Crippen LogP contribution in [-0.4, -0.2) is 5.97 Å². The van der Waals surface area contributed by atoms with Crippen LogP contribution in [0.4, 0.5) is 0 Å². The third kappa shape index (κ3) is 2.64. The molecule has 1 aromatic carbocycles. The van der Waals surface area contributed by atoms with Gasteiger partial charge >= 0.3 is 5.97 Å². The molecule has 0 aliphatic rings. The van der Waals surface area contributed by atoms with Crippen molar-refractivity contribution in [3.8, 4) is 6.26 Å². The Morgan fingerprint density at radius 3 is 2.64 bits per heavy atom. The van der Waals surface area contributed by atoms with E-state index in [4.69, 9.17) is 11.0 Å². The lowest BCUT2D eigenvalue weighted by Gasteiger charge is -1.98. The molecule has 4 heteroatoms. The Hall–Kier alpha value is -2.28. The van der Waals surface area contributed by atoms with E-state index in [1.807, 2.05) is 6.07 Å². The van der Waals surface area contributed by atoms with Crippen LogP contribution in [0, 0.1) is 11.5 Å². The minimum Gasteiger partial charge on any atom is -0.398 e. The Labute approximate surface area is 81.2 Å². The smallest absolute Gasteiger partial charge is 0.348 e. The molecule has 0 unspecified atom stereocenters. The van der Waals surface area contributed by atoms with E-state index < -0.39 is 5.97 Å². The molecule has 0 aromatic heterocycles. The number of nitriles is 1. The number of carbonyl (C=O) groups excluding carboxylic acids is 1. The summed E-state index contributed by atoms with van der Waals surface area (Å²) in [6.45, 7) is 0. The topological polar surface area (TPSA) is 76.1 Å². The summed E-state index contributed by atoms with van der Waals surface area (Å²) in [4.78, 5) is 10.8. The van der Waals surface area contributed by atoms with Gasteiger partial charge in [0, 0.05) is 11.8 Å². The highest BCUT2D eigenvalue weighted by atomic mass is 16.5. The van der Waals surface area contributed by atoms with Gasteiger partial charge in [-0.3, -0.25) is 0 Å². The molecule has 14 heavy (non-hydrogen) atoms. The van der Waals surface area contributed by atoms with Gasteiger partial charge in [0.1, 0.15) is 0 Å². The van der Waals surface area contributed by atoms with E-state index in [-0.39, 0.29) is 5.70 Å². The van der Waals surface area contributed by atoms with Crippen molar-refractivity contribution in [3.63, 3.8) is 0 Å². The zero-order chi connectivity index (χ0) is 10.4. The molecule has 0 saturated heterocycles. The third-order valence-corrected chi connectivity index (χ3v) is 1.53. The number of hydrogen-bond acceptors (Lipinski definition) is 4. The van der Waals surface area contributed by atoms with Crippen molar-refractivity contribution < 1.29 is 9.53 Å². The summed E-state index contributed by atoms with van der Waals surface area (Å²) in [7, 11) is 0. The fourth-order valence-corrected chi connectivity index (χ4v) is 0.915. The fraction of sp³-hybridized carbons (Fsp3) is 0. The molecule has 2 N–H and O–H groups in total. The maximum absolute atomic E-state index is 10.8. The Morgan fingerprint density at radius 1 is 1.43 bits per heavy atom. The van der Waals surface area contributed by atoms with Crippen LogP contribution in [0.15, 0.2) is 36.4 Å². The van der Waals surface area contributed by atoms with Crippen LogP contribution in [-0.2, 0) is 9.53 Å². The molecule has 1 aromatic rings. The SMILES string of the molecule is N#COC(=O)C=C(N)c1ccccc1. The van der Waals surface area contributed by atoms with Gasteiger partial charge in [-0.15, -0.1) is 5.26 Å². The third-order valence-electron chi connectivity index (χ3n) is 1.53. The molecular formula is C10H8N2O2. The first-order valence-electron chi connectivity index (χ1n) is 3.86. The molecule has 4 nitrogen and oxygen atoms in total. The molecule has 0 radical (unpaired) electrons. The van der Waals surface area contributed by atoms with Crippen molar-refractivity contribution in [2.75, 3.05) is 0 Å². The number of benzene rings is 1. The predicted octanol–water partition coefficient (Wildman–Crippen LogP) is 1.01. The van der Waals surface area contributed by atoms with E-state index in [1.54, 1.807) is 24.3 Å². The second-order valence-electron chi connectivity index (χ2n) is 2.48. The average Bonchev–Trinajstić information content (AvgIpc) is 2.19. The molecule has 0 bridgehead atoms. The van der Waals surface area contributed by atoms with Crippen molar-refractivity contribution in [1.82, 2.24) is 0 Å². The lowest BCUT2D eigenvalue weighted by atomic mass is 10.1. The monoisotopic (exact) mass is 188 g/mol. The standard InChI is InChI=1S/C10H8N2O2/c11-7-14-10(13)6-9(12)8-4-2-1-3-5-8/h1-6H,12H2. The maximum Gasteiger partial charge on any atom is 0.348 e. The van der Waals surface area contributed by atoms with E-state index in [9.17, 15) is 4.79 Å². The van der Waals surface area contributed by atoms with Gasteiger partial charge in [0.25, 0.3) is 6.26 Å². The van der Waals surface area contributed by atoms with Crippen molar-refractivity contribution >= 4 is 11.7 Å². The van der Waals surface area contributed by atoms with Gasteiger partial charge in [-0.05, 0) is 5.56 Å². The molecule has 1 rings (SSSR count). The molecule has 0 saturated carbocycles. The Morgan fingerprint density at radius 2 is 2.07 bits per heavy atom. The van der Waals surface area contributed by atoms with Crippen LogP contribution < -0.4 is 5.73 Å². The molecule has 0 fully saturated rings. The van der Waals surface area contributed by atoms with Crippen LogP contribution in [0.5, 0.6) is 0 Å². The van der Waals surface area contributed by atoms with Crippen molar-refractivity contribution in [3.05, 3.63) is 42.0 Å². The van der Waals surface area contributed by atoms with Gasteiger partial charge in [-0.1, -0.05) is 30.3 Å². The molecule has 0 atom stereocenters. The number of esters is 1. The number of ether oxygens (including phenoxy) is 1. The normalized spacial score (nSPS) is 10.4. The van der Waals surface area contributed by atoms with Crippen LogP contribution in [0.1, 0.15) is 5.56 Å². The maximum atomic E-state index is 10.8. The molecule has 0 amide bonds. The van der Waals surface area contributed by atoms with Gasteiger partial charge in [-0.2, -0.15) is 0 Å². The zero-order valence-electron chi connectivity index (χ0n) is 7.31. The molecule has 0 aliphatic carbocycles. The molecule has 0 spiro atoms. The quantitative estimate of drug-likeness (QED) is 0.427. The predicted molar refractivity (Wildman–Crippen MR) is 50.3 cm³/mol. The van der Waals surface area contributed by atoms with Gasteiger partial charge < -0.3 is 10.5 Å². The Balaban J connectivity index is 2.81. The zero-order valence-corrected chi connectivity index (χ0v) is 7.31. The first-order valence-corrected chi connectivity index (χ1v) is 3.86. The molecule has 0 aliphatic heterocycles. The highest BCUT2D eigenvalue weighted by Gasteiger charge is 2.00. The lowest BCUT2D eigenvalue weighted by Crippen LogP contribution is -2.02. The van der Waals surface area contributed by atoms with Gasteiger partial charge in [0.05, 0.1) is 0 Å². The van der Waals surface area contributed by atoms with E-state index in [1.165, 1.54) is 6.26 Å². The van der Waals surface area contributed by atoms with Gasteiger partial charge in [0.2, 0.25) is 0 Å². The summed E-state index contributed by atoms with van der Waals surface area (Å²) >= 11 is 0. The van der Waals surface area contributed by atoms with Crippen LogP contribution in [0.25, 0.3) is 5.70 Å². The lowest BCUT2D eigenvalue weighted by molar-refractivity contribution is -0.131. The number of hydrogen-bond donors (Lipinski definition) is 1. The van der Waals surface area contributed by atoms with E-state index in [0.717, 1.165) is 6.08 Å². The second-order valence-corrected chi connectivity index (χ2v) is 2.48. The number of nitrogens with zero attached hydrogens (tertiary/aromatic N) is 1. The minimum atomic E-state index is -0.770. The van der Waals surface area contributed by atoms with Gasteiger partial charge in [0.15, 0.2) is 0 Å².